The van der Waals surface area contributed by atoms with Gasteiger partial charge >= 0.3 is 5.97 Å². The minimum Gasteiger partial charge on any atom is -0.478 e. The second kappa shape index (κ2) is 11.4. The van der Waals surface area contributed by atoms with Gasteiger partial charge in [-0.3, -0.25) is 4.79 Å². The smallest absolute Gasteiger partial charge is 0.335 e. The molecule has 214 valence electrons. The van der Waals surface area contributed by atoms with E-state index in [-0.39, 0.29) is 16.5 Å². The van der Waals surface area contributed by atoms with Crippen molar-refractivity contribution < 1.29 is 14.7 Å². The van der Waals surface area contributed by atoms with Gasteiger partial charge in [0.1, 0.15) is 5.71 Å². The highest BCUT2D eigenvalue weighted by Crippen LogP contribution is 2.29. The number of carboxylic acid groups (broad SMARTS) is 1. The van der Waals surface area contributed by atoms with Gasteiger partial charge in [-0.25, -0.2) is 14.8 Å². The number of hydrogen-bond acceptors (Lipinski definition) is 7. The minimum absolute atomic E-state index is 0.0498. The highest BCUT2D eigenvalue weighted by molar-refractivity contribution is 6.50. The van der Waals surface area contributed by atoms with E-state index in [2.05, 4.69) is 62.1 Å². The molecule has 10 heteroatoms. The molecule has 0 saturated carbocycles. The molecular formula is C32H33N7O3. The van der Waals surface area contributed by atoms with Crippen molar-refractivity contribution in [1.82, 2.24) is 14.9 Å². The molecule has 0 bridgehead atoms. The Morgan fingerprint density at radius 3 is 2.24 bits per heavy atom. The van der Waals surface area contributed by atoms with Crippen molar-refractivity contribution in [1.29, 1.82) is 0 Å². The maximum absolute atomic E-state index is 12.7. The van der Waals surface area contributed by atoms with Crippen LogP contribution in [-0.4, -0.2) is 56.4 Å². The zero-order chi connectivity index (χ0) is 30.0. The Labute approximate surface area is 244 Å². The molecule has 0 radical (unpaired) electrons. The third-order valence-electron chi connectivity index (χ3n) is 6.92. The van der Waals surface area contributed by atoms with Gasteiger partial charge in [-0.05, 0) is 80.6 Å². The van der Waals surface area contributed by atoms with E-state index < -0.39 is 11.9 Å². The second-order valence-corrected chi connectivity index (χ2v) is 10.9. The van der Waals surface area contributed by atoms with Gasteiger partial charge in [0.25, 0.3) is 5.91 Å². The molecule has 42 heavy (non-hydrogen) atoms. The second-order valence-electron chi connectivity index (χ2n) is 10.9. The molecular weight excluding hydrogens is 530 g/mol. The summed E-state index contributed by atoms with van der Waals surface area (Å²) in [6.45, 7) is 12.4. The molecule has 0 spiro atoms. The van der Waals surface area contributed by atoms with Gasteiger partial charge in [0.2, 0.25) is 5.82 Å². The molecule has 1 amide bonds. The van der Waals surface area contributed by atoms with Gasteiger partial charge in [-0.15, -0.1) is 9.89 Å². The van der Waals surface area contributed by atoms with E-state index in [1.54, 1.807) is 18.2 Å². The van der Waals surface area contributed by atoms with Crippen LogP contribution < -0.4 is 10.2 Å². The highest BCUT2D eigenvalue weighted by Gasteiger charge is 2.34. The van der Waals surface area contributed by atoms with Gasteiger partial charge in [0.05, 0.1) is 17.0 Å². The van der Waals surface area contributed by atoms with Crippen LogP contribution in [0.25, 0.3) is 11.4 Å². The van der Waals surface area contributed by atoms with Crippen molar-refractivity contribution in [3.63, 3.8) is 0 Å². The van der Waals surface area contributed by atoms with Crippen molar-refractivity contribution in [2.45, 2.75) is 34.6 Å². The Bertz CT molecular complexity index is 1690. The van der Waals surface area contributed by atoms with Gasteiger partial charge in [-0.2, -0.15) is 5.10 Å². The minimum atomic E-state index is -1.09. The molecule has 4 aromatic rings. The summed E-state index contributed by atoms with van der Waals surface area (Å²) in [6.07, 6.45) is 0. The molecule has 0 atom stereocenters. The van der Waals surface area contributed by atoms with Crippen molar-refractivity contribution in [2.75, 3.05) is 23.3 Å². The summed E-state index contributed by atoms with van der Waals surface area (Å²) in [7, 11) is 0. The van der Waals surface area contributed by atoms with E-state index in [0.717, 1.165) is 35.7 Å². The third-order valence-corrected chi connectivity index (χ3v) is 6.92. The van der Waals surface area contributed by atoms with E-state index in [9.17, 15) is 14.7 Å². The summed E-state index contributed by atoms with van der Waals surface area (Å²) in [4.78, 5) is 37.5. The number of nitrogens with one attached hydrogen (secondary N) is 1. The van der Waals surface area contributed by atoms with Crippen molar-refractivity contribution in [2.24, 2.45) is 15.5 Å². The molecule has 2 heterocycles. The molecule has 0 aliphatic carbocycles. The van der Waals surface area contributed by atoms with Gasteiger partial charge in [0, 0.05) is 41.0 Å². The lowest BCUT2D eigenvalue weighted by Gasteiger charge is -2.21. The summed E-state index contributed by atoms with van der Waals surface area (Å²) in [5, 5.41) is 21.4. The van der Waals surface area contributed by atoms with Crippen LogP contribution in [0.4, 0.5) is 17.1 Å². The zero-order valence-electron chi connectivity index (χ0n) is 24.3. The summed E-state index contributed by atoms with van der Waals surface area (Å²) in [5.74, 6) is -0.439. The van der Waals surface area contributed by atoms with Crippen LogP contribution in [0.2, 0.25) is 0 Å². The number of carbonyl (C=O) groups is 2. The van der Waals surface area contributed by atoms with Crippen LogP contribution in [0.5, 0.6) is 0 Å². The maximum Gasteiger partial charge on any atom is 0.335 e. The Balaban J connectivity index is 1.39. The molecule has 10 nitrogen and oxygen atoms in total. The first-order chi connectivity index (χ1) is 20.1. The van der Waals surface area contributed by atoms with Gasteiger partial charge in [0.15, 0.2) is 5.82 Å². The summed E-state index contributed by atoms with van der Waals surface area (Å²) in [6, 6.07) is 21.2. The number of carboxylic acids is 1. The molecule has 3 aromatic carbocycles. The largest absolute Gasteiger partial charge is 0.478 e. The zero-order valence-corrected chi connectivity index (χ0v) is 24.3. The SMILES string of the molecule is CCN(CC)c1ccc(/N=C2/C(C(C)(C)C)=Nn3nc(-c4ccc(NC(=O)c5cccc(C(=O)O)c5)cc4)nc32)cc1. The maximum atomic E-state index is 12.7. The molecule has 2 N–H and O–H groups in total. The topological polar surface area (TPSA) is 125 Å². The van der Waals surface area contributed by atoms with E-state index in [1.807, 2.05) is 24.3 Å². The average Bonchev–Trinajstić information content (AvgIpc) is 3.54. The highest BCUT2D eigenvalue weighted by atomic mass is 16.4. The average molecular weight is 564 g/mol. The molecule has 0 fully saturated rings. The number of aromatic carboxylic acids is 1. The molecule has 1 aliphatic heterocycles. The fourth-order valence-electron chi connectivity index (χ4n) is 4.66. The first kappa shape index (κ1) is 28.4. The summed E-state index contributed by atoms with van der Waals surface area (Å²) >= 11 is 0. The lowest BCUT2D eigenvalue weighted by Crippen LogP contribution is -2.27. The van der Waals surface area contributed by atoms with Crippen LogP contribution in [-0.2, 0) is 0 Å². The first-order valence-electron chi connectivity index (χ1n) is 13.8. The fraction of sp³-hybridized carbons (Fsp3) is 0.250. The first-order valence-corrected chi connectivity index (χ1v) is 13.8. The normalized spacial score (nSPS) is 13.5. The number of rotatable bonds is 8. The monoisotopic (exact) mass is 563 g/mol. The number of aliphatic imine (C=N–C) groups is 1. The molecule has 0 unspecified atom stereocenters. The van der Waals surface area contributed by atoms with Gasteiger partial charge in [-0.1, -0.05) is 26.8 Å². The van der Waals surface area contributed by atoms with Crippen molar-refractivity contribution in [3.05, 3.63) is 89.7 Å². The quantitative estimate of drug-likeness (QED) is 0.266. The molecule has 5 rings (SSSR count). The number of hydrogen-bond donors (Lipinski definition) is 2. The standard InChI is InChI=1S/C32H33N7O3/c1-6-38(7-2)25-17-15-23(16-18-25)33-26-27(32(3,4)5)36-39-29(26)35-28(37-39)20-11-13-24(14-12-20)34-30(40)21-9-8-10-22(19-21)31(41)42/h8-19H,6-7H2,1-5H3,(H,34,40)(H,41,42)/b33-26-. The Morgan fingerprint density at radius 1 is 0.952 bits per heavy atom. The number of amides is 1. The summed E-state index contributed by atoms with van der Waals surface area (Å²) in [5.41, 5.74) is 4.79. The van der Waals surface area contributed by atoms with E-state index in [1.165, 1.54) is 23.0 Å². The third kappa shape index (κ3) is 5.83. The van der Waals surface area contributed by atoms with Crippen LogP contribution in [0.1, 0.15) is 61.2 Å². The number of fused-ring (bicyclic) bond motifs is 1. The van der Waals surface area contributed by atoms with Crippen LogP contribution in [0.3, 0.4) is 0 Å². The lowest BCUT2D eigenvalue weighted by atomic mass is 9.87. The van der Waals surface area contributed by atoms with E-state index in [4.69, 9.17) is 15.1 Å². The molecule has 1 aliphatic rings. The lowest BCUT2D eigenvalue weighted by molar-refractivity contribution is 0.0697. The van der Waals surface area contributed by atoms with Crippen molar-refractivity contribution >= 4 is 40.4 Å². The Morgan fingerprint density at radius 2 is 1.62 bits per heavy atom. The van der Waals surface area contributed by atoms with Crippen LogP contribution >= 0.6 is 0 Å². The predicted octanol–water partition coefficient (Wildman–Crippen LogP) is 6.13. The number of benzene rings is 3. The van der Waals surface area contributed by atoms with E-state index >= 15 is 0 Å². The molecule has 0 saturated heterocycles. The van der Waals surface area contributed by atoms with Crippen LogP contribution in [0, 0.1) is 5.41 Å². The fourth-order valence-corrected chi connectivity index (χ4v) is 4.66. The molecule has 1 aromatic heterocycles. The van der Waals surface area contributed by atoms with Gasteiger partial charge < -0.3 is 15.3 Å². The van der Waals surface area contributed by atoms with E-state index in [0.29, 0.717) is 23.0 Å². The predicted molar refractivity (Wildman–Crippen MR) is 165 cm³/mol. The number of nitrogens with zero attached hydrogens (tertiary/aromatic N) is 6. The van der Waals surface area contributed by atoms with Crippen LogP contribution in [0.15, 0.2) is 82.9 Å². The Hall–Kier alpha value is -5.12. The number of aromatic nitrogens is 3. The Kier molecular flexibility index (Phi) is 7.71. The number of anilines is 2. The van der Waals surface area contributed by atoms with Crippen molar-refractivity contribution in [3.8, 4) is 11.4 Å². The summed E-state index contributed by atoms with van der Waals surface area (Å²) < 4.78 is 0. The number of carbonyl (C=O) groups excluding carboxylic acids is 1.